The van der Waals surface area contributed by atoms with Crippen molar-refractivity contribution in [2.24, 2.45) is 0 Å². The van der Waals surface area contributed by atoms with Gasteiger partial charge in [-0.2, -0.15) is 0 Å². The van der Waals surface area contributed by atoms with Gasteiger partial charge >= 0.3 is 0 Å². The van der Waals surface area contributed by atoms with Crippen molar-refractivity contribution in [2.45, 2.75) is 0 Å². The van der Waals surface area contributed by atoms with E-state index in [-0.39, 0.29) is 5.36 Å². The van der Waals surface area contributed by atoms with Crippen LogP contribution >= 0.6 is 0 Å². The number of hydrogen-bond acceptors (Lipinski definition) is 4. The Bertz CT molecular complexity index is 1370. The molecule has 0 aliphatic carbocycles. The smallest absolute Gasteiger partial charge is 0.151 e. The predicted molar refractivity (Wildman–Crippen MR) is 114 cm³/mol. The molecule has 0 aliphatic rings. The molecular weight excluding hydrogens is 378 g/mol. The van der Waals surface area contributed by atoms with Gasteiger partial charge in [-0.25, -0.2) is 4.98 Å². The molecule has 6 heteroatoms. The summed E-state index contributed by atoms with van der Waals surface area (Å²) >= 11 is 0. The van der Waals surface area contributed by atoms with E-state index in [1.807, 2.05) is 59.1 Å². The summed E-state index contributed by atoms with van der Waals surface area (Å²) in [6.45, 7) is 0.808. The van der Waals surface area contributed by atoms with Crippen LogP contribution in [-0.2, 0) is 0 Å². The Hall–Kier alpha value is -4.06. The molecule has 0 fully saturated rings. The van der Waals surface area contributed by atoms with E-state index in [0.29, 0.717) is 41.4 Å². The molecule has 0 saturated carbocycles. The third kappa shape index (κ3) is 3.63. The van der Waals surface area contributed by atoms with Crippen LogP contribution in [0.15, 0.2) is 89.7 Å². The van der Waals surface area contributed by atoms with Crippen LogP contribution in [0.5, 0.6) is 11.5 Å². The maximum Gasteiger partial charge on any atom is 0.151 e. The molecule has 0 radical (unpaired) electrons. The number of para-hydroxylation sites is 1. The van der Waals surface area contributed by atoms with E-state index < -0.39 is 0 Å². The van der Waals surface area contributed by atoms with Gasteiger partial charge in [-0.05, 0) is 54.6 Å². The van der Waals surface area contributed by atoms with E-state index >= 15 is 0 Å². The zero-order valence-corrected chi connectivity index (χ0v) is 16.1. The fourth-order valence-electron chi connectivity index (χ4n) is 3.27. The molecular formula is C24H18N3O3-. The molecule has 0 aliphatic heterocycles. The molecule has 0 spiro atoms. The molecule has 0 saturated heterocycles. The van der Waals surface area contributed by atoms with Crippen molar-refractivity contribution < 1.29 is 13.9 Å². The molecule has 5 rings (SSSR count). The zero-order chi connectivity index (χ0) is 20.3. The van der Waals surface area contributed by atoms with E-state index in [2.05, 4.69) is 4.98 Å². The molecule has 148 valence electrons. The Labute approximate surface area is 172 Å². The fourth-order valence-corrected chi connectivity index (χ4v) is 3.27. The molecule has 0 unspecified atom stereocenters. The summed E-state index contributed by atoms with van der Waals surface area (Å²) in [5, 5.41) is 11.2. The Morgan fingerprint density at radius 1 is 0.867 bits per heavy atom. The summed E-state index contributed by atoms with van der Waals surface area (Å²) in [5.74, 6) is 1.93. The lowest BCUT2D eigenvalue weighted by atomic mass is 10.2. The molecule has 0 bridgehead atoms. The quantitative estimate of drug-likeness (QED) is 0.391. The number of aromatic nitrogens is 2. The molecule has 5 aromatic rings. The van der Waals surface area contributed by atoms with Crippen LogP contribution in [0.2, 0.25) is 0 Å². The summed E-state index contributed by atoms with van der Waals surface area (Å²) in [7, 11) is 0. The van der Waals surface area contributed by atoms with E-state index in [0.717, 1.165) is 11.3 Å². The van der Waals surface area contributed by atoms with Gasteiger partial charge < -0.3 is 23.7 Å². The second kappa shape index (κ2) is 7.75. The minimum absolute atomic E-state index is 0.106. The molecule has 0 atom stereocenters. The van der Waals surface area contributed by atoms with Crippen molar-refractivity contribution in [3.05, 3.63) is 96.1 Å². The van der Waals surface area contributed by atoms with E-state index in [9.17, 15) is 5.41 Å². The molecule has 3 heterocycles. The number of rotatable bonds is 6. The van der Waals surface area contributed by atoms with Crippen LogP contribution in [0.4, 0.5) is 0 Å². The van der Waals surface area contributed by atoms with Gasteiger partial charge in [0.15, 0.2) is 5.76 Å². The SMILES string of the molecule is [N-]=c1cc(-c2cc3cccn3cn2)oc2ccc(OCCOc3ccccc3)cc12. The number of nitrogens with zero attached hydrogens (tertiary/aromatic N) is 3. The van der Waals surface area contributed by atoms with Gasteiger partial charge in [0.25, 0.3) is 0 Å². The number of ether oxygens (including phenoxy) is 2. The lowest BCUT2D eigenvalue weighted by Crippen LogP contribution is -2.09. The predicted octanol–water partition coefficient (Wildman–Crippen LogP) is 4.68. The van der Waals surface area contributed by atoms with E-state index in [1.165, 1.54) is 0 Å². The minimum Gasteiger partial charge on any atom is -0.803 e. The van der Waals surface area contributed by atoms with Gasteiger partial charge in [0, 0.05) is 17.1 Å². The lowest BCUT2D eigenvalue weighted by molar-refractivity contribution is 0.217. The number of fused-ring (bicyclic) bond motifs is 2. The van der Waals surface area contributed by atoms with Crippen molar-refractivity contribution in [1.82, 2.24) is 9.38 Å². The third-order valence-electron chi connectivity index (χ3n) is 4.75. The highest BCUT2D eigenvalue weighted by Crippen LogP contribution is 2.24. The first-order valence-corrected chi connectivity index (χ1v) is 9.60. The van der Waals surface area contributed by atoms with Crippen LogP contribution in [0.3, 0.4) is 0 Å². The average Bonchev–Trinajstić information content (AvgIpc) is 3.25. The third-order valence-corrected chi connectivity index (χ3v) is 4.75. The van der Waals surface area contributed by atoms with E-state index in [1.54, 1.807) is 30.6 Å². The Morgan fingerprint density at radius 2 is 1.70 bits per heavy atom. The summed E-state index contributed by atoms with van der Waals surface area (Å²) in [5.41, 5.74) is 2.20. The highest BCUT2D eigenvalue weighted by molar-refractivity contribution is 5.80. The lowest BCUT2D eigenvalue weighted by Gasteiger charge is -2.11. The van der Waals surface area contributed by atoms with Crippen LogP contribution in [0.1, 0.15) is 0 Å². The highest BCUT2D eigenvalue weighted by atomic mass is 16.5. The molecule has 2 aromatic carbocycles. The summed E-state index contributed by atoms with van der Waals surface area (Å²) in [4.78, 5) is 4.41. The van der Waals surface area contributed by atoms with E-state index in [4.69, 9.17) is 13.9 Å². The standard InChI is InChI=1S/C24H18N3O3/c25-21-15-24(22-13-17-5-4-10-27(17)16-26-22)30-23-9-8-19(14-20(21)23)29-12-11-28-18-6-2-1-3-7-18/h1-10,13-16H,11-12H2/q-1. The maximum absolute atomic E-state index is 10.6. The number of hydrogen-bond donors (Lipinski definition) is 0. The first-order chi connectivity index (χ1) is 14.8. The van der Waals surface area contributed by atoms with Gasteiger partial charge in [0.1, 0.15) is 36.0 Å². The molecule has 6 nitrogen and oxygen atoms in total. The van der Waals surface area contributed by atoms with Gasteiger partial charge in [-0.15, -0.1) is 5.36 Å². The van der Waals surface area contributed by atoms with Gasteiger partial charge in [0.05, 0.1) is 6.33 Å². The first kappa shape index (κ1) is 18.0. The monoisotopic (exact) mass is 396 g/mol. The van der Waals surface area contributed by atoms with Crippen molar-refractivity contribution in [2.75, 3.05) is 13.2 Å². The summed E-state index contributed by atoms with van der Waals surface area (Å²) in [6, 6.07) is 22.3. The largest absolute Gasteiger partial charge is 0.803 e. The highest BCUT2D eigenvalue weighted by Gasteiger charge is 2.07. The van der Waals surface area contributed by atoms with Gasteiger partial charge in [-0.3, -0.25) is 0 Å². The van der Waals surface area contributed by atoms with Gasteiger partial charge in [0.2, 0.25) is 0 Å². The van der Waals surface area contributed by atoms with Gasteiger partial charge in [-0.1, -0.05) is 18.2 Å². The second-order valence-electron chi connectivity index (χ2n) is 6.78. The first-order valence-electron chi connectivity index (χ1n) is 9.60. The molecule has 30 heavy (non-hydrogen) atoms. The van der Waals surface area contributed by atoms with Crippen molar-refractivity contribution in [1.29, 1.82) is 0 Å². The molecule has 3 aromatic heterocycles. The Kier molecular flexibility index (Phi) is 4.65. The average molecular weight is 396 g/mol. The number of benzene rings is 2. The van der Waals surface area contributed by atoms with Crippen molar-refractivity contribution in [3.63, 3.8) is 0 Å². The molecule has 0 N–H and O–H groups in total. The minimum atomic E-state index is 0.106. The van der Waals surface area contributed by atoms with Crippen LogP contribution in [-0.4, -0.2) is 22.6 Å². The zero-order valence-electron chi connectivity index (χ0n) is 16.1. The topological polar surface area (TPSA) is 71.2 Å². The second-order valence-corrected chi connectivity index (χ2v) is 6.78. The van der Waals surface area contributed by atoms with Crippen LogP contribution < -0.4 is 14.8 Å². The Balaban J connectivity index is 1.34. The van der Waals surface area contributed by atoms with Crippen molar-refractivity contribution in [3.8, 4) is 23.0 Å². The fraction of sp³-hybridized carbons (Fsp3) is 0.0833. The van der Waals surface area contributed by atoms with Crippen LogP contribution in [0, 0.1) is 0 Å². The summed E-state index contributed by atoms with van der Waals surface area (Å²) < 4.78 is 19.3. The normalized spacial score (nSPS) is 11.1. The summed E-state index contributed by atoms with van der Waals surface area (Å²) in [6.07, 6.45) is 3.64. The molecule has 0 amide bonds. The van der Waals surface area contributed by atoms with Crippen molar-refractivity contribution >= 4 is 16.5 Å². The van der Waals surface area contributed by atoms with Crippen LogP contribution in [0.25, 0.3) is 33.3 Å². The Morgan fingerprint density at radius 3 is 2.57 bits per heavy atom. The maximum atomic E-state index is 10.6.